The molecule has 0 spiro atoms. The zero-order valence-electron chi connectivity index (χ0n) is 7.26. The Morgan fingerprint density at radius 3 is 2.58 bits per heavy atom. The monoisotopic (exact) mass is 225 g/mol. The van der Waals surface area contributed by atoms with Gasteiger partial charge in [0.25, 0.3) is 0 Å². The Labute approximate surface area is 80.9 Å². The lowest BCUT2D eigenvalue weighted by molar-refractivity contribution is 1.47. The summed E-state index contributed by atoms with van der Waals surface area (Å²) in [6.45, 7) is 4.00. The quantitative estimate of drug-likeness (QED) is 0.699. The Morgan fingerprint density at radius 1 is 1.17 bits per heavy atom. The van der Waals surface area contributed by atoms with Crippen LogP contribution in [-0.2, 0) is 0 Å². The van der Waals surface area contributed by atoms with E-state index >= 15 is 0 Å². The molecule has 1 aromatic carbocycles. The summed E-state index contributed by atoms with van der Waals surface area (Å²) in [5, 5.41) is 1.24. The van der Waals surface area contributed by atoms with Crippen LogP contribution in [-0.4, -0.2) is 4.98 Å². The average Bonchev–Trinajstić information content (AvgIpc) is 2.57. The molecule has 0 unspecified atom stereocenters. The zero-order chi connectivity index (χ0) is 8.97. The van der Waals surface area contributed by atoms with Gasteiger partial charge < -0.3 is 4.98 Å². The van der Waals surface area contributed by atoms with Crippen molar-refractivity contribution in [2.75, 3.05) is 0 Å². The predicted molar refractivity (Wildman–Crippen MR) is 57.3 cm³/mol. The molecule has 0 radical (unpaired) electrons. The van der Waals surface area contributed by atoms with Crippen molar-refractivity contribution in [2.45, 2.75) is 13.8 Å². The summed E-state index contributed by atoms with van der Waals surface area (Å²) in [6.07, 6.45) is 1.94. The highest BCUT2D eigenvalue weighted by Gasteiger charge is 1.95. The van der Waals surface area contributed by atoms with Gasteiger partial charge in [-0.15, -0.1) is 0 Å². The first kappa shape index (κ1) is 9.33. The van der Waals surface area contributed by atoms with Crippen LogP contribution in [0.4, 0.5) is 0 Å². The fourth-order valence-electron chi connectivity index (χ4n) is 1.05. The molecule has 0 saturated heterocycles. The van der Waals surface area contributed by atoms with Gasteiger partial charge in [-0.05, 0) is 28.1 Å². The fourth-order valence-corrected chi connectivity index (χ4v) is 1.54. The van der Waals surface area contributed by atoms with Crippen molar-refractivity contribution in [1.29, 1.82) is 0 Å². The topological polar surface area (TPSA) is 15.8 Å². The Bertz CT molecular complexity index is 351. The highest BCUT2D eigenvalue weighted by Crippen LogP contribution is 2.21. The molecular formula is C10H12BrN. The number of rotatable bonds is 0. The van der Waals surface area contributed by atoms with E-state index in [-0.39, 0.29) is 0 Å². The first-order valence-corrected chi connectivity index (χ1v) is 4.89. The molecule has 0 aliphatic carbocycles. The van der Waals surface area contributed by atoms with E-state index in [1.807, 2.05) is 32.2 Å². The van der Waals surface area contributed by atoms with Crippen molar-refractivity contribution in [1.82, 2.24) is 4.98 Å². The summed E-state index contributed by atoms with van der Waals surface area (Å²) in [7, 11) is 0. The van der Waals surface area contributed by atoms with E-state index in [1.165, 1.54) is 10.9 Å². The maximum Gasteiger partial charge on any atom is 0.0598 e. The number of hydrogen-bond donors (Lipinski definition) is 1. The normalized spacial score (nSPS) is 9.25. The van der Waals surface area contributed by atoms with Gasteiger partial charge in [0.05, 0.1) is 5.52 Å². The van der Waals surface area contributed by atoms with Crippen LogP contribution in [0.1, 0.15) is 13.8 Å². The smallest absolute Gasteiger partial charge is 0.0598 e. The molecule has 1 nitrogen and oxygen atoms in total. The van der Waals surface area contributed by atoms with E-state index < -0.39 is 0 Å². The summed E-state index contributed by atoms with van der Waals surface area (Å²) in [6, 6.07) is 8.19. The molecule has 0 bridgehead atoms. The van der Waals surface area contributed by atoms with Crippen LogP contribution < -0.4 is 0 Å². The highest BCUT2D eigenvalue weighted by atomic mass is 79.9. The molecule has 2 heteroatoms. The Morgan fingerprint density at radius 2 is 1.92 bits per heavy atom. The lowest BCUT2D eigenvalue weighted by Crippen LogP contribution is -1.67. The third-order valence-electron chi connectivity index (χ3n) is 1.54. The Hall–Kier alpha value is -0.760. The van der Waals surface area contributed by atoms with Crippen LogP contribution in [0.15, 0.2) is 34.9 Å². The van der Waals surface area contributed by atoms with Crippen molar-refractivity contribution in [3.8, 4) is 0 Å². The highest BCUT2D eigenvalue weighted by molar-refractivity contribution is 9.10. The summed E-state index contributed by atoms with van der Waals surface area (Å²) in [5.41, 5.74) is 1.17. The standard InChI is InChI=1S/C8H6BrN.C2H6/c9-7-3-1-2-6-4-5-10-8(6)7;1-2/h1-5,10H;1-2H3. The molecule has 0 saturated carbocycles. The Balaban J connectivity index is 0.000000336. The van der Waals surface area contributed by atoms with Gasteiger partial charge in [-0.3, -0.25) is 0 Å². The van der Waals surface area contributed by atoms with Crippen LogP contribution in [0.5, 0.6) is 0 Å². The molecular weight excluding hydrogens is 214 g/mol. The maximum absolute atomic E-state index is 3.44. The van der Waals surface area contributed by atoms with Crippen LogP contribution in [0, 0.1) is 0 Å². The molecule has 0 amide bonds. The number of fused-ring (bicyclic) bond motifs is 1. The minimum Gasteiger partial charge on any atom is -0.360 e. The number of halogens is 1. The third-order valence-corrected chi connectivity index (χ3v) is 2.20. The summed E-state index contributed by atoms with van der Waals surface area (Å²) in [4.78, 5) is 3.14. The molecule has 0 aliphatic heterocycles. The van der Waals surface area contributed by atoms with Gasteiger partial charge in [-0.1, -0.05) is 26.0 Å². The minimum absolute atomic E-state index is 1.12. The van der Waals surface area contributed by atoms with Gasteiger partial charge >= 0.3 is 0 Å². The van der Waals surface area contributed by atoms with E-state index in [1.54, 1.807) is 0 Å². The molecule has 0 aliphatic rings. The number of para-hydroxylation sites is 1. The van der Waals surface area contributed by atoms with Crippen LogP contribution >= 0.6 is 15.9 Å². The number of benzene rings is 1. The molecule has 64 valence electrons. The summed E-state index contributed by atoms with van der Waals surface area (Å²) >= 11 is 3.44. The molecule has 1 N–H and O–H groups in total. The van der Waals surface area contributed by atoms with E-state index in [4.69, 9.17) is 0 Å². The average molecular weight is 226 g/mol. The van der Waals surface area contributed by atoms with Crippen LogP contribution in [0.3, 0.4) is 0 Å². The molecule has 2 rings (SSSR count). The van der Waals surface area contributed by atoms with E-state index in [0.717, 1.165) is 4.47 Å². The largest absolute Gasteiger partial charge is 0.360 e. The van der Waals surface area contributed by atoms with Gasteiger partial charge in [0.15, 0.2) is 0 Å². The SMILES string of the molecule is Brc1cccc2cc[nH]c12.CC. The number of H-pyrrole nitrogens is 1. The van der Waals surface area contributed by atoms with E-state index in [2.05, 4.69) is 33.0 Å². The molecule has 2 aromatic rings. The van der Waals surface area contributed by atoms with Crippen molar-refractivity contribution >= 4 is 26.8 Å². The van der Waals surface area contributed by atoms with Crippen molar-refractivity contribution < 1.29 is 0 Å². The van der Waals surface area contributed by atoms with Gasteiger partial charge in [-0.2, -0.15) is 0 Å². The lowest BCUT2D eigenvalue weighted by Gasteiger charge is -1.90. The van der Waals surface area contributed by atoms with Crippen LogP contribution in [0.2, 0.25) is 0 Å². The second-order valence-corrected chi connectivity index (χ2v) is 3.04. The third kappa shape index (κ3) is 1.69. The van der Waals surface area contributed by atoms with Crippen molar-refractivity contribution in [3.63, 3.8) is 0 Å². The lowest BCUT2D eigenvalue weighted by atomic mass is 10.3. The number of aromatic amines is 1. The number of hydrogen-bond acceptors (Lipinski definition) is 0. The second-order valence-electron chi connectivity index (χ2n) is 2.18. The first-order chi connectivity index (χ1) is 5.88. The van der Waals surface area contributed by atoms with Gasteiger partial charge in [0.1, 0.15) is 0 Å². The second kappa shape index (κ2) is 4.31. The summed E-state index contributed by atoms with van der Waals surface area (Å²) in [5.74, 6) is 0. The molecule has 0 fully saturated rings. The van der Waals surface area contributed by atoms with Crippen molar-refractivity contribution in [2.24, 2.45) is 0 Å². The van der Waals surface area contributed by atoms with Gasteiger partial charge in [0.2, 0.25) is 0 Å². The molecule has 12 heavy (non-hydrogen) atoms. The number of nitrogens with one attached hydrogen (secondary N) is 1. The molecule has 0 atom stereocenters. The van der Waals surface area contributed by atoms with Gasteiger partial charge in [-0.25, -0.2) is 0 Å². The fraction of sp³-hybridized carbons (Fsp3) is 0.200. The predicted octanol–water partition coefficient (Wildman–Crippen LogP) is 3.96. The van der Waals surface area contributed by atoms with Crippen LogP contribution in [0.25, 0.3) is 10.9 Å². The van der Waals surface area contributed by atoms with E-state index in [0.29, 0.717) is 0 Å². The van der Waals surface area contributed by atoms with Crippen molar-refractivity contribution in [3.05, 3.63) is 34.9 Å². The van der Waals surface area contributed by atoms with Gasteiger partial charge in [0, 0.05) is 16.1 Å². The maximum atomic E-state index is 3.44. The minimum atomic E-state index is 1.12. The number of aromatic nitrogens is 1. The first-order valence-electron chi connectivity index (χ1n) is 4.09. The Kier molecular flexibility index (Phi) is 3.35. The molecule has 1 heterocycles. The molecule has 1 aromatic heterocycles. The summed E-state index contributed by atoms with van der Waals surface area (Å²) < 4.78 is 1.12. The van der Waals surface area contributed by atoms with E-state index in [9.17, 15) is 0 Å². The zero-order valence-corrected chi connectivity index (χ0v) is 8.85.